The van der Waals surface area contributed by atoms with Gasteiger partial charge in [0.05, 0.1) is 22.7 Å². The molecule has 304 valence electrons. The molecule has 0 saturated carbocycles. The van der Waals surface area contributed by atoms with E-state index in [0.29, 0.717) is 0 Å². The number of fused-ring (bicyclic) bond motifs is 6. The van der Waals surface area contributed by atoms with Crippen molar-refractivity contribution in [3.63, 3.8) is 0 Å². The number of benzene rings is 9. The van der Waals surface area contributed by atoms with Crippen molar-refractivity contribution in [2.24, 2.45) is 0 Å². The maximum atomic E-state index is 5.15. The number of aromatic nitrogens is 2. The zero-order valence-corrected chi connectivity index (χ0v) is 36.0. The van der Waals surface area contributed by atoms with Crippen LogP contribution in [0.5, 0.6) is 0 Å². The zero-order valence-electron chi connectivity index (χ0n) is 36.0. The van der Waals surface area contributed by atoms with Gasteiger partial charge in [-0.1, -0.05) is 127 Å². The Hall–Kier alpha value is -8.08. The SMILES string of the molecule is C=C.C=C.Cc1ccc2c(N(c3ccccn3)c3c4ccccc4cc4ccccc34)c3cc(C)c(C)cc3c(N(c3ccccn3)c3c4ccccc4cc4ccccc34)c2c1. The minimum absolute atomic E-state index is 0.852. The van der Waals surface area contributed by atoms with Crippen LogP contribution >= 0.6 is 0 Å². The Balaban J connectivity index is 0.00000123. The van der Waals surface area contributed by atoms with Gasteiger partial charge in [-0.25, -0.2) is 9.97 Å². The fraction of sp³-hybridized carbons (Fsp3) is 0.0508. The normalized spacial score (nSPS) is 11.0. The number of hydrogen-bond donors (Lipinski definition) is 0. The van der Waals surface area contributed by atoms with Crippen LogP contribution in [0.3, 0.4) is 0 Å². The average molecular weight is 813 g/mol. The summed E-state index contributed by atoms with van der Waals surface area (Å²) in [4.78, 5) is 15.2. The Morgan fingerprint density at radius 2 is 0.651 bits per heavy atom. The van der Waals surface area contributed by atoms with E-state index in [1.54, 1.807) is 0 Å². The van der Waals surface area contributed by atoms with Gasteiger partial charge in [-0.15, -0.1) is 26.3 Å². The van der Waals surface area contributed by atoms with Gasteiger partial charge in [0.25, 0.3) is 0 Å². The van der Waals surface area contributed by atoms with Crippen LogP contribution in [0.15, 0.2) is 215 Å². The van der Waals surface area contributed by atoms with E-state index in [4.69, 9.17) is 9.97 Å². The molecule has 0 aliphatic heterocycles. The predicted octanol–water partition coefficient (Wildman–Crippen LogP) is 16.9. The van der Waals surface area contributed by atoms with Crippen molar-refractivity contribution in [3.8, 4) is 0 Å². The van der Waals surface area contributed by atoms with E-state index in [0.717, 1.165) is 77.5 Å². The highest BCUT2D eigenvalue weighted by Gasteiger charge is 2.30. The van der Waals surface area contributed by atoms with Gasteiger partial charge in [0.1, 0.15) is 11.6 Å². The first kappa shape index (κ1) is 40.3. The lowest BCUT2D eigenvalue weighted by molar-refractivity contribution is 1.20. The van der Waals surface area contributed by atoms with Crippen LogP contribution in [0.1, 0.15) is 16.7 Å². The van der Waals surface area contributed by atoms with Gasteiger partial charge >= 0.3 is 0 Å². The van der Waals surface area contributed by atoms with Gasteiger partial charge in [-0.3, -0.25) is 9.80 Å². The molecule has 2 aromatic heterocycles. The molecule has 0 bridgehead atoms. The highest BCUT2D eigenvalue weighted by atomic mass is 15.2. The lowest BCUT2D eigenvalue weighted by Crippen LogP contribution is -2.17. The van der Waals surface area contributed by atoms with Crippen LogP contribution in [0.4, 0.5) is 34.4 Å². The summed E-state index contributed by atoms with van der Waals surface area (Å²) in [5.74, 6) is 1.70. The third-order valence-electron chi connectivity index (χ3n) is 12.0. The fourth-order valence-corrected chi connectivity index (χ4v) is 9.16. The second kappa shape index (κ2) is 17.1. The van der Waals surface area contributed by atoms with Crippen molar-refractivity contribution in [2.45, 2.75) is 20.8 Å². The molecule has 0 radical (unpaired) electrons. The van der Waals surface area contributed by atoms with Gasteiger partial charge in [-0.2, -0.15) is 0 Å². The summed E-state index contributed by atoms with van der Waals surface area (Å²) in [6, 6.07) is 63.8. The van der Waals surface area contributed by atoms with E-state index in [-0.39, 0.29) is 0 Å². The van der Waals surface area contributed by atoms with Gasteiger partial charge in [0.2, 0.25) is 0 Å². The Morgan fingerprint density at radius 1 is 0.317 bits per heavy atom. The Morgan fingerprint density at radius 3 is 1.03 bits per heavy atom. The number of aryl methyl sites for hydroxylation is 3. The second-order valence-electron chi connectivity index (χ2n) is 15.6. The highest BCUT2D eigenvalue weighted by Crippen LogP contribution is 2.54. The summed E-state index contributed by atoms with van der Waals surface area (Å²) in [5.41, 5.74) is 8.01. The molecule has 4 heteroatoms. The van der Waals surface area contributed by atoms with Crippen LogP contribution in [0.25, 0.3) is 64.6 Å². The van der Waals surface area contributed by atoms with Crippen LogP contribution in [-0.4, -0.2) is 9.97 Å². The molecule has 11 rings (SSSR count). The van der Waals surface area contributed by atoms with Crippen molar-refractivity contribution < 1.29 is 0 Å². The van der Waals surface area contributed by atoms with Gasteiger partial charge < -0.3 is 0 Å². The zero-order chi connectivity index (χ0) is 43.6. The van der Waals surface area contributed by atoms with Crippen molar-refractivity contribution in [2.75, 3.05) is 9.80 Å². The number of hydrogen-bond acceptors (Lipinski definition) is 4. The van der Waals surface area contributed by atoms with Crippen molar-refractivity contribution in [1.29, 1.82) is 0 Å². The minimum atomic E-state index is 0.852. The third-order valence-corrected chi connectivity index (χ3v) is 12.0. The number of rotatable bonds is 6. The molecule has 0 fully saturated rings. The standard InChI is InChI=1S/C55H40N4.2C2H4/c1-35-26-27-46-47(30-35)55(59(51-25-13-15-29-57-51)53-44-22-10-6-18-40(44)34-41-19-7-11-23-45(41)53)49-32-37(3)36(2)31-48(49)54(46)58(50-24-12-14-28-56-50)52-42-20-8-4-16-38(42)33-39-17-5-9-21-43(39)52;2*1-2/h4-34H,1-3H3;2*1-2H2. The average Bonchev–Trinajstić information content (AvgIpc) is 3.34. The molecule has 0 unspecified atom stereocenters. The number of nitrogens with zero attached hydrogens (tertiary/aromatic N) is 4. The predicted molar refractivity (Wildman–Crippen MR) is 273 cm³/mol. The Bertz CT molecular complexity index is 3360. The van der Waals surface area contributed by atoms with Gasteiger partial charge in [-0.05, 0) is 108 Å². The molecular formula is C59H48N4. The molecule has 0 N–H and O–H groups in total. The first-order valence-corrected chi connectivity index (χ1v) is 21.2. The van der Waals surface area contributed by atoms with Crippen molar-refractivity contribution in [1.82, 2.24) is 9.97 Å². The molecule has 0 spiro atoms. The fourth-order valence-electron chi connectivity index (χ4n) is 9.16. The maximum Gasteiger partial charge on any atom is 0.137 e. The molecule has 0 aliphatic carbocycles. The quantitative estimate of drug-likeness (QED) is 0.0951. The van der Waals surface area contributed by atoms with Gasteiger partial charge in [0, 0.05) is 55.5 Å². The molecule has 0 aliphatic rings. The summed E-state index contributed by atoms with van der Waals surface area (Å²) < 4.78 is 0. The molecule has 9 aromatic carbocycles. The lowest BCUT2D eigenvalue weighted by atomic mass is 9.91. The maximum absolute atomic E-state index is 5.15. The topological polar surface area (TPSA) is 32.3 Å². The summed E-state index contributed by atoms with van der Waals surface area (Å²) in [5, 5.41) is 13.9. The third kappa shape index (κ3) is 6.92. The molecule has 0 saturated heterocycles. The molecule has 2 heterocycles. The number of pyridine rings is 2. The summed E-state index contributed by atoms with van der Waals surface area (Å²) in [7, 11) is 0. The first-order valence-electron chi connectivity index (χ1n) is 21.2. The van der Waals surface area contributed by atoms with E-state index in [1.165, 1.54) is 38.2 Å². The highest BCUT2D eigenvalue weighted by molar-refractivity contribution is 6.27. The second-order valence-corrected chi connectivity index (χ2v) is 15.6. The smallest absolute Gasteiger partial charge is 0.137 e. The first-order chi connectivity index (χ1) is 31.0. The molecule has 63 heavy (non-hydrogen) atoms. The summed E-state index contributed by atoms with van der Waals surface area (Å²) in [6.07, 6.45) is 3.81. The van der Waals surface area contributed by atoms with Crippen LogP contribution in [0, 0.1) is 20.8 Å². The van der Waals surface area contributed by atoms with Crippen LogP contribution in [-0.2, 0) is 0 Å². The van der Waals surface area contributed by atoms with Crippen molar-refractivity contribution in [3.05, 3.63) is 231 Å². The Labute approximate surface area is 369 Å². The minimum Gasteiger partial charge on any atom is -0.293 e. The lowest BCUT2D eigenvalue weighted by Gasteiger charge is -2.34. The Kier molecular flexibility index (Phi) is 11.0. The van der Waals surface area contributed by atoms with E-state index < -0.39 is 0 Å². The number of anilines is 6. The summed E-state index contributed by atoms with van der Waals surface area (Å²) >= 11 is 0. The van der Waals surface area contributed by atoms with Crippen molar-refractivity contribution >= 4 is 99.0 Å². The van der Waals surface area contributed by atoms with E-state index in [2.05, 4.69) is 221 Å². The molecule has 11 aromatic rings. The molecular weight excluding hydrogens is 765 g/mol. The summed E-state index contributed by atoms with van der Waals surface area (Å²) in [6.45, 7) is 18.6. The van der Waals surface area contributed by atoms with E-state index in [9.17, 15) is 0 Å². The van der Waals surface area contributed by atoms with E-state index in [1.807, 2.05) is 24.5 Å². The van der Waals surface area contributed by atoms with E-state index >= 15 is 0 Å². The van der Waals surface area contributed by atoms with Crippen LogP contribution in [0.2, 0.25) is 0 Å². The largest absolute Gasteiger partial charge is 0.293 e. The van der Waals surface area contributed by atoms with Crippen LogP contribution < -0.4 is 9.80 Å². The molecule has 0 atom stereocenters. The molecule has 0 amide bonds. The monoisotopic (exact) mass is 812 g/mol. The van der Waals surface area contributed by atoms with Gasteiger partial charge in [0.15, 0.2) is 0 Å². The molecule has 4 nitrogen and oxygen atoms in total.